The number of phenolic OH excluding ortho intramolecular Hbond substituents is 2. The summed E-state index contributed by atoms with van der Waals surface area (Å²) in [4.78, 5) is 36.2. The van der Waals surface area contributed by atoms with Crippen LogP contribution in [0.3, 0.4) is 0 Å². The van der Waals surface area contributed by atoms with Gasteiger partial charge < -0.3 is 29.4 Å². The summed E-state index contributed by atoms with van der Waals surface area (Å²) in [7, 11) is 1.29. The van der Waals surface area contributed by atoms with E-state index in [9.17, 15) is 19.8 Å². The van der Waals surface area contributed by atoms with E-state index >= 15 is 0 Å². The molecule has 3 aliphatic rings. The Kier molecular flexibility index (Phi) is 3.68. The first kappa shape index (κ1) is 20.9. The third kappa shape index (κ3) is 2.29. The zero-order valence-corrected chi connectivity index (χ0v) is 19.9. The molecule has 5 aromatic rings. The zero-order chi connectivity index (χ0) is 25.4. The van der Waals surface area contributed by atoms with E-state index in [4.69, 9.17) is 14.5 Å². The number of aromatic nitrogens is 2. The van der Waals surface area contributed by atoms with Crippen molar-refractivity contribution in [3.63, 3.8) is 0 Å². The number of phenols is 2. The number of nitrogens with one attached hydrogen (secondary N) is 1. The summed E-state index contributed by atoms with van der Waals surface area (Å²) < 4.78 is 10.8. The maximum atomic E-state index is 13.3. The summed E-state index contributed by atoms with van der Waals surface area (Å²) in [6.07, 6.45) is -0.248. The maximum absolute atomic E-state index is 13.3. The Morgan fingerprint density at radius 2 is 1.78 bits per heavy atom. The molecule has 1 amide bonds. The lowest BCUT2D eigenvalue weighted by atomic mass is 9.93. The molecular formula is C27H21N3O7. The van der Waals surface area contributed by atoms with Crippen LogP contribution in [0.25, 0.3) is 43.6 Å². The summed E-state index contributed by atoms with van der Waals surface area (Å²) in [5, 5.41) is 26.9. The van der Waals surface area contributed by atoms with Crippen molar-refractivity contribution in [3.05, 3.63) is 47.5 Å². The van der Waals surface area contributed by atoms with E-state index in [0.29, 0.717) is 18.5 Å². The van der Waals surface area contributed by atoms with Crippen LogP contribution < -0.4 is 5.32 Å². The van der Waals surface area contributed by atoms with Crippen molar-refractivity contribution in [2.24, 2.45) is 5.92 Å². The molecule has 0 unspecified atom stereocenters. The van der Waals surface area contributed by atoms with Crippen LogP contribution in [-0.4, -0.2) is 38.3 Å². The summed E-state index contributed by atoms with van der Waals surface area (Å²) in [5.41, 5.74) is 3.31. The van der Waals surface area contributed by atoms with E-state index in [1.165, 1.54) is 7.11 Å². The van der Waals surface area contributed by atoms with Crippen LogP contribution in [0.15, 0.2) is 36.4 Å². The minimum atomic E-state index is -1.16. The second-order valence-electron chi connectivity index (χ2n) is 10.1. The second kappa shape index (κ2) is 6.53. The molecule has 3 aromatic carbocycles. The molecule has 3 N–H and O–H groups in total. The minimum Gasteiger partial charge on any atom is -0.508 e. The van der Waals surface area contributed by atoms with Crippen molar-refractivity contribution in [1.29, 1.82) is 0 Å². The Labute approximate surface area is 208 Å². The average Bonchev–Trinajstić information content (AvgIpc) is 3.56. The van der Waals surface area contributed by atoms with Gasteiger partial charge in [0.2, 0.25) is 0 Å². The lowest BCUT2D eigenvalue weighted by Gasteiger charge is -2.31. The van der Waals surface area contributed by atoms with Crippen LogP contribution in [0.4, 0.5) is 0 Å². The van der Waals surface area contributed by atoms with Gasteiger partial charge in [-0.2, -0.15) is 4.89 Å². The Morgan fingerprint density at radius 3 is 2.51 bits per heavy atom. The van der Waals surface area contributed by atoms with Crippen molar-refractivity contribution < 1.29 is 34.3 Å². The SMILES string of the molecule is COOC(=O)[C@@H]1C[C@@H]2O[C@]1(C)n1c3ccc(O)cc3c3c4c(c5c6cc(O)ccc6n2c5c31)C(=O)NC4. The fourth-order valence-electron chi connectivity index (χ4n) is 6.97. The molecule has 0 radical (unpaired) electrons. The van der Waals surface area contributed by atoms with E-state index in [1.54, 1.807) is 36.4 Å². The predicted molar refractivity (Wildman–Crippen MR) is 132 cm³/mol. The number of rotatable bonds is 2. The van der Waals surface area contributed by atoms with Crippen molar-refractivity contribution in [2.75, 3.05) is 7.11 Å². The molecular weight excluding hydrogens is 478 g/mol. The van der Waals surface area contributed by atoms with E-state index in [2.05, 4.69) is 5.32 Å². The zero-order valence-electron chi connectivity index (χ0n) is 19.9. The highest BCUT2D eigenvalue weighted by Crippen LogP contribution is 2.56. The quantitative estimate of drug-likeness (QED) is 0.249. The monoisotopic (exact) mass is 499 g/mol. The summed E-state index contributed by atoms with van der Waals surface area (Å²) in [5.74, 6) is -1.28. The van der Waals surface area contributed by atoms with Crippen LogP contribution in [0, 0.1) is 5.92 Å². The van der Waals surface area contributed by atoms with Crippen molar-refractivity contribution >= 4 is 55.5 Å². The predicted octanol–water partition coefficient (Wildman–Crippen LogP) is 3.88. The van der Waals surface area contributed by atoms with E-state index in [0.717, 1.165) is 49.2 Å². The van der Waals surface area contributed by atoms with Crippen LogP contribution in [0.2, 0.25) is 0 Å². The number of fused-ring (bicyclic) bond motifs is 13. The number of carbonyl (C=O) groups is 2. The molecule has 3 atom stereocenters. The summed E-state index contributed by atoms with van der Waals surface area (Å²) >= 11 is 0. The number of hydrogen-bond donors (Lipinski definition) is 3. The van der Waals surface area contributed by atoms with Gasteiger partial charge in [-0.25, -0.2) is 4.79 Å². The number of hydrogen-bond acceptors (Lipinski definition) is 7. The number of nitrogens with zero attached hydrogens (tertiary/aromatic N) is 2. The van der Waals surface area contributed by atoms with Gasteiger partial charge in [0.15, 0.2) is 5.72 Å². The van der Waals surface area contributed by atoms with Gasteiger partial charge in [-0.3, -0.25) is 9.68 Å². The highest BCUT2D eigenvalue weighted by atomic mass is 17.2. The molecule has 37 heavy (non-hydrogen) atoms. The van der Waals surface area contributed by atoms with Gasteiger partial charge in [-0.05, 0) is 48.9 Å². The molecule has 1 saturated heterocycles. The Bertz CT molecular complexity index is 1900. The average molecular weight is 499 g/mol. The Balaban J connectivity index is 1.68. The fourth-order valence-corrected chi connectivity index (χ4v) is 6.97. The molecule has 0 saturated carbocycles. The van der Waals surface area contributed by atoms with Gasteiger partial charge >= 0.3 is 5.97 Å². The highest BCUT2D eigenvalue weighted by Gasteiger charge is 2.56. The topological polar surface area (TPSA) is 124 Å². The van der Waals surface area contributed by atoms with Crippen LogP contribution in [0.5, 0.6) is 11.5 Å². The third-order valence-corrected chi connectivity index (χ3v) is 8.31. The van der Waals surface area contributed by atoms with E-state index < -0.39 is 23.8 Å². The molecule has 2 aromatic heterocycles. The van der Waals surface area contributed by atoms with Gasteiger partial charge in [0, 0.05) is 34.5 Å². The molecule has 10 heteroatoms. The van der Waals surface area contributed by atoms with Gasteiger partial charge in [0.1, 0.15) is 23.6 Å². The number of ether oxygens (including phenoxy) is 1. The molecule has 0 aliphatic carbocycles. The number of amides is 1. The van der Waals surface area contributed by atoms with Crippen LogP contribution in [0.1, 0.15) is 35.5 Å². The molecule has 0 spiro atoms. The maximum Gasteiger partial charge on any atom is 0.350 e. The molecule has 186 valence electrons. The molecule has 3 aliphatic heterocycles. The standard InChI is InChI=1S/C27H21N3O7/c1-27-16(26(34)37-35-2)9-19(36-27)29-17-5-3-11(31)7-13(17)21-22-15(10-28-25(22)33)20-14-8-12(32)4-6-18(14)30(27)24(20)23(21)29/h3-8,16,19,31-32H,9-10H2,1-2H3,(H,28,33)/t16-,19-,27-/m0/s1. The molecule has 1 fully saturated rings. The van der Waals surface area contributed by atoms with E-state index in [-0.39, 0.29) is 17.4 Å². The third-order valence-electron chi connectivity index (χ3n) is 8.31. The van der Waals surface area contributed by atoms with Crippen molar-refractivity contribution in [2.45, 2.75) is 31.8 Å². The minimum absolute atomic E-state index is 0.0834. The molecule has 10 nitrogen and oxygen atoms in total. The second-order valence-corrected chi connectivity index (χ2v) is 10.1. The Hall–Kier alpha value is -4.28. The summed E-state index contributed by atoms with van der Waals surface area (Å²) in [6, 6.07) is 10.2. The van der Waals surface area contributed by atoms with Crippen molar-refractivity contribution in [1.82, 2.24) is 14.5 Å². The number of carbonyl (C=O) groups excluding carboxylic acids is 2. The molecule has 8 rings (SSSR count). The molecule has 5 heterocycles. The number of aromatic hydroxyl groups is 2. The van der Waals surface area contributed by atoms with Gasteiger partial charge in [-0.1, -0.05) is 0 Å². The lowest BCUT2D eigenvalue weighted by molar-refractivity contribution is -0.264. The first-order valence-electron chi connectivity index (χ1n) is 12.0. The largest absolute Gasteiger partial charge is 0.508 e. The highest BCUT2D eigenvalue weighted by molar-refractivity contribution is 6.31. The first-order valence-corrected chi connectivity index (χ1v) is 12.0. The van der Waals surface area contributed by atoms with Crippen molar-refractivity contribution in [3.8, 4) is 11.5 Å². The molecule has 2 bridgehead atoms. The lowest BCUT2D eigenvalue weighted by Crippen LogP contribution is -2.40. The van der Waals surface area contributed by atoms with Gasteiger partial charge in [0.25, 0.3) is 5.91 Å². The number of benzene rings is 3. The van der Waals surface area contributed by atoms with E-state index in [1.807, 2.05) is 16.1 Å². The van der Waals surface area contributed by atoms with Gasteiger partial charge in [0.05, 0.1) is 34.7 Å². The fraction of sp³-hybridized carbons (Fsp3) is 0.259. The van der Waals surface area contributed by atoms with Gasteiger partial charge in [-0.15, -0.1) is 0 Å². The Morgan fingerprint density at radius 1 is 1.08 bits per heavy atom. The summed E-state index contributed by atoms with van der Waals surface area (Å²) in [6.45, 7) is 2.18. The van der Waals surface area contributed by atoms with Crippen LogP contribution >= 0.6 is 0 Å². The normalized spacial score (nSPS) is 23.9. The first-order chi connectivity index (χ1) is 17.8. The smallest absolute Gasteiger partial charge is 0.350 e. The van der Waals surface area contributed by atoms with Crippen LogP contribution in [-0.2, 0) is 31.6 Å².